The van der Waals surface area contributed by atoms with E-state index in [4.69, 9.17) is 5.73 Å². The van der Waals surface area contributed by atoms with Crippen molar-refractivity contribution in [2.75, 3.05) is 0 Å². The molecular formula is C13H21N3. The minimum Gasteiger partial charge on any atom is -0.319 e. The summed E-state index contributed by atoms with van der Waals surface area (Å²) in [5.74, 6) is 0.813. The SMILES string of the molecule is CCC(C)(N)c1nc(C)c2c(n1)CCCC2. The lowest BCUT2D eigenvalue weighted by Gasteiger charge is -2.25. The Hall–Kier alpha value is -0.960. The van der Waals surface area contributed by atoms with Gasteiger partial charge in [-0.05, 0) is 51.5 Å². The van der Waals surface area contributed by atoms with Gasteiger partial charge in [-0.3, -0.25) is 0 Å². The number of aryl methyl sites for hydroxylation is 2. The predicted molar refractivity (Wildman–Crippen MR) is 65.2 cm³/mol. The second-order valence-electron chi connectivity index (χ2n) is 5.04. The normalized spacial score (nSPS) is 19.0. The van der Waals surface area contributed by atoms with E-state index in [1.807, 2.05) is 6.92 Å². The minimum atomic E-state index is -0.392. The zero-order valence-electron chi connectivity index (χ0n) is 10.5. The van der Waals surface area contributed by atoms with Crippen molar-refractivity contribution in [3.05, 3.63) is 22.8 Å². The van der Waals surface area contributed by atoms with Crippen molar-refractivity contribution < 1.29 is 0 Å². The Balaban J connectivity index is 2.47. The van der Waals surface area contributed by atoms with Crippen LogP contribution in [0.5, 0.6) is 0 Å². The molecule has 1 aliphatic carbocycles. The van der Waals surface area contributed by atoms with E-state index in [0.29, 0.717) is 0 Å². The summed E-state index contributed by atoms with van der Waals surface area (Å²) in [6.45, 7) is 6.18. The van der Waals surface area contributed by atoms with Gasteiger partial charge in [-0.25, -0.2) is 9.97 Å². The van der Waals surface area contributed by atoms with Crippen LogP contribution in [-0.4, -0.2) is 9.97 Å². The Morgan fingerprint density at radius 1 is 1.25 bits per heavy atom. The summed E-state index contributed by atoms with van der Waals surface area (Å²) in [7, 11) is 0. The maximum atomic E-state index is 6.21. The molecule has 1 heterocycles. The monoisotopic (exact) mass is 219 g/mol. The molecule has 0 aliphatic heterocycles. The van der Waals surface area contributed by atoms with Gasteiger partial charge >= 0.3 is 0 Å². The van der Waals surface area contributed by atoms with Crippen molar-refractivity contribution in [3.63, 3.8) is 0 Å². The maximum Gasteiger partial charge on any atom is 0.148 e. The van der Waals surface area contributed by atoms with Gasteiger partial charge in [-0.2, -0.15) is 0 Å². The van der Waals surface area contributed by atoms with Gasteiger partial charge in [-0.1, -0.05) is 6.92 Å². The summed E-state index contributed by atoms with van der Waals surface area (Å²) in [4.78, 5) is 9.27. The minimum absolute atomic E-state index is 0.392. The summed E-state index contributed by atoms with van der Waals surface area (Å²) < 4.78 is 0. The highest BCUT2D eigenvalue weighted by molar-refractivity contribution is 5.28. The Kier molecular flexibility index (Phi) is 2.98. The highest BCUT2D eigenvalue weighted by Crippen LogP contribution is 2.25. The molecule has 0 aromatic carbocycles. The third-order valence-corrected chi connectivity index (χ3v) is 3.64. The molecule has 3 heteroatoms. The summed E-state index contributed by atoms with van der Waals surface area (Å²) in [6, 6.07) is 0. The average Bonchev–Trinajstić information content (AvgIpc) is 2.29. The molecule has 0 spiro atoms. The first-order valence-corrected chi connectivity index (χ1v) is 6.20. The van der Waals surface area contributed by atoms with Crippen molar-refractivity contribution in [2.45, 2.75) is 58.4 Å². The van der Waals surface area contributed by atoms with Crippen LogP contribution in [0.3, 0.4) is 0 Å². The number of nitrogens with two attached hydrogens (primary N) is 1. The Labute approximate surface area is 97.5 Å². The largest absolute Gasteiger partial charge is 0.319 e. The predicted octanol–water partition coefficient (Wildman–Crippen LogP) is 2.25. The maximum absolute atomic E-state index is 6.21. The van der Waals surface area contributed by atoms with E-state index < -0.39 is 5.54 Å². The molecule has 1 unspecified atom stereocenters. The van der Waals surface area contributed by atoms with E-state index in [0.717, 1.165) is 30.8 Å². The Morgan fingerprint density at radius 2 is 1.94 bits per heavy atom. The summed E-state index contributed by atoms with van der Waals surface area (Å²) in [5.41, 5.74) is 9.55. The third kappa shape index (κ3) is 1.96. The molecule has 0 fully saturated rings. The number of nitrogens with zero attached hydrogens (tertiary/aromatic N) is 2. The van der Waals surface area contributed by atoms with E-state index in [9.17, 15) is 0 Å². The van der Waals surface area contributed by atoms with Crippen molar-refractivity contribution in [3.8, 4) is 0 Å². The van der Waals surface area contributed by atoms with E-state index in [2.05, 4.69) is 23.8 Å². The highest BCUT2D eigenvalue weighted by atomic mass is 15.0. The number of hydrogen-bond donors (Lipinski definition) is 1. The van der Waals surface area contributed by atoms with Gasteiger partial charge in [0.1, 0.15) is 5.82 Å². The number of aromatic nitrogens is 2. The molecule has 0 amide bonds. The zero-order chi connectivity index (χ0) is 11.8. The fraction of sp³-hybridized carbons (Fsp3) is 0.692. The topological polar surface area (TPSA) is 51.8 Å². The molecule has 2 rings (SSSR count). The molecule has 3 nitrogen and oxygen atoms in total. The number of hydrogen-bond acceptors (Lipinski definition) is 3. The lowest BCUT2D eigenvalue weighted by molar-refractivity contribution is 0.439. The first kappa shape index (κ1) is 11.5. The van der Waals surface area contributed by atoms with Crippen LogP contribution in [0, 0.1) is 6.92 Å². The molecule has 0 saturated carbocycles. The third-order valence-electron chi connectivity index (χ3n) is 3.64. The van der Waals surface area contributed by atoms with Crippen LogP contribution in [0.4, 0.5) is 0 Å². The lowest BCUT2D eigenvalue weighted by atomic mass is 9.93. The van der Waals surface area contributed by atoms with E-state index in [1.165, 1.54) is 24.1 Å². The van der Waals surface area contributed by atoms with Crippen molar-refractivity contribution >= 4 is 0 Å². The first-order chi connectivity index (χ1) is 7.54. The van der Waals surface area contributed by atoms with Crippen molar-refractivity contribution in [2.24, 2.45) is 5.73 Å². The molecule has 0 bridgehead atoms. The molecule has 2 N–H and O–H groups in total. The summed E-state index contributed by atoms with van der Waals surface area (Å²) in [5, 5.41) is 0. The van der Waals surface area contributed by atoms with Gasteiger partial charge < -0.3 is 5.73 Å². The molecule has 1 atom stereocenters. The van der Waals surface area contributed by atoms with Crippen LogP contribution in [0.2, 0.25) is 0 Å². The van der Waals surface area contributed by atoms with Crippen LogP contribution >= 0.6 is 0 Å². The standard InChI is InChI=1S/C13H21N3/c1-4-13(3,14)12-15-9(2)10-7-5-6-8-11(10)16-12/h4-8,14H2,1-3H3. The Morgan fingerprint density at radius 3 is 2.62 bits per heavy atom. The van der Waals surface area contributed by atoms with E-state index in [-0.39, 0.29) is 0 Å². The highest BCUT2D eigenvalue weighted by Gasteiger charge is 2.25. The number of fused-ring (bicyclic) bond motifs is 1. The molecule has 0 radical (unpaired) electrons. The average molecular weight is 219 g/mol. The second-order valence-corrected chi connectivity index (χ2v) is 5.04. The van der Waals surface area contributed by atoms with Crippen molar-refractivity contribution in [1.82, 2.24) is 9.97 Å². The van der Waals surface area contributed by atoms with Crippen LogP contribution in [-0.2, 0) is 18.4 Å². The molecular weight excluding hydrogens is 198 g/mol. The van der Waals surface area contributed by atoms with Crippen LogP contribution in [0.15, 0.2) is 0 Å². The van der Waals surface area contributed by atoms with Crippen LogP contribution in [0.1, 0.15) is 55.9 Å². The Bertz CT molecular complexity index is 396. The van der Waals surface area contributed by atoms with E-state index in [1.54, 1.807) is 0 Å². The quantitative estimate of drug-likeness (QED) is 0.830. The smallest absolute Gasteiger partial charge is 0.148 e. The van der Waals surface area contributed by atoms with Crippen LogP contribution in [0.25, 0.3) is 0 Å². The lowest BCUT2D eigenvalue weighted by Crippen LogP contribution is -2.35. The molecule has 1 aromatic rings. The van der Waals surface area contributed by atoms with Crippen molar-refractivity contribution in [1.29, 1.82) is 0 Å². The molecule has 88 valence electrons. The molecule has 0 saturated heterocycles. The van der Waals surface area contributed by atoms with Crippen LogP contribution < -0.4 is 5.73 Å². The fourth-order valence-corrected chi connectivity index (χ4v) is 2.20. The van der Waals surface area contributed by atoms with Gasteiger partial charge in [0.2, 0.25) is 0 Å². The van der Waals surface area contributed by atoms with Gasteiger partial charge in [0.15, 0.2) is 0 Å². The van der Waals surface area contributed by atoms with Gasteiger partial charge in [-0.15, -0.1) is 0 Å². The zero-order valence-corrected chi connectivity index (χ0v) is 10.5. The fourth-order valence-electron chi connectivity index (χ4n) is 2.20. The number of rotatable bonds is 2. The molecule has 16 heavy (non-hydrogen) atoms. The van der Waals surface area contributed by atoms with Gasteiger partial charge in [0.05, 0.1) is 5.54 Å². The second kappa shape index (κ2) is 4.13. The summed E-state index contributed by atoms with van der Waals surface area (Å²) >= 11 is 0. The molecule has 1 aliphatic rings. The summed E-state index contributed by atoms with van der Waals surface area (Å²) in [6.07, 6.45) is 5.60. The van der Waals surface area contributed by atoms with Gasteiger partial charge in [0.25, 0.3) is 0 Å². The van der Waals surface area contributed by atoms with E-state index >= 15 is 0 Å². The first-order valence-electron chi connectivity index (χ1n) is 6.20. The van der Waals surface area contributed by atoms with Gasteiger partial charge in [0, 0.05) is 11.4 Å². The molecule has 1 aromatic heterocycles.